The number of rotatable bonds is 5. The van der Waals surface area contributed by atoms with E-state index >= 15 is 0 Å². The Morgan fingerprint density at radius 2 is 2.10 bits per heavy atom. The Kier molecular flexibility index (Phi) is 6.55. The van der Waals surface area contributed by atoms with E-state index in [-0.39, 0.29) is 12.7 Å². The fourth-order valence-electron chi connectivity index (χ4n) is 0.687. The first kappa shape index (κ1) is 9.66. The summed E-state index contributed by atoms with van der Waals surface area (Å²) in [7, 11) is 0. The van der Waals surface area contributed by atoms with Crippen LogP contribution in [0, 0.1) is 0 Å². The molecule has 0 heterocycles. The van der Waals surface area contributed by atoms with Crippen LogP contribution < -0.4 is 0 Å². The summed E-state index contributed by atoms with van der Waals surface area (Å²) in [5, 5.41) is 17.5. The smallest absolute Gasteiger partial charge is 0.0596 e. The van der Waals surface area contributed by atoms with E-state index in [0.29, 0.717) is 12.8 Å². The van der Waals surface area contributed by atoms with Crippen LogP contribution in [0.3, 0.4) is 0 Å². The third-order valence-corrected chi connectivity index (χ3v) is 1.27. The summed E-state index contributed by atoms with van der Waals surface area (Å²) in [6, 6.07) is 0. The largest absolute Gasteiger partial charge is 0.396 e. The Labute approximate surface area is 62.2 Å². The lowest BCUT2D eigenvalue weighted by Crippen LogP contribution is -2.06. The molecule has 1 atom stereocenters. The Balaban J connectivity index is 3.20. The van der Waals surface area contributed by atoms with E-state index in [2.05, 4.69) is 6.92 Å². The molecule has 0 aliphatic heterocycles. The summed E-state index contributed by atoms with van der Waals surface area (Å²) in [6.07, 6.45) is 5.74. The predicted molar refractivity (Wildman–Crippen MR) is 41.8 cm³/mol. The molecule has 0 saturated heterocycles. The number of hydrogen-bond donors (Lipinski definition) is 2. The minimum absolute atomic E-state index is 0.0706. The monoisotopic (exact) mass is 144 g/mol. The Hall–Kier alpha value is -0.340. The van der Waals surface area contributed by atoms with Crippen molar-refractivity contribution in [2.75, 3.05) is 6.61 Å². The first-order chi connectivity index (χ1) is 4.81. The molecule has 0 fully saturated rings. The summed E-state index contributed by atoms with van der Waals surface area (Å²) in [6.45, 7) is 2.12. The molecule has 2 nitrogen and oxygen atoms in total. The van der Waals surface area contributed by atoms with Gasteiger partial charge >= 0.3 is 0 Å². The number of hydrogen-bond acceptors (Lipinski definition) is 2. The topological polar surface area (TPSA) is 40.5 Å². The van der Waals surface area contributed by atoms with E-state index in [1.165, 1.54) is 0 Å². The SMILES string of the molecule is CC/C=C/C[C@@H](O)CCO. The minimum Gasteiger partial charge on any atom is -0.396 e. The van der Waals surface area contributed by atoms with E-state index in [1.54, 1.807) is 0 Å². The molecular weight excluding hydrogens is 128 g/mol. The van der Waals surface area contributed by atoms with Gasteiger partial charge in [-0.25, -0.2) is 0 Å². The van der Waals surface area contributed by atoms with Crippen LogP contribution in [0.4, 0.5) is 0 Å². The third kappa shape index (κ3) is 5.79. The van der Waals surface area contributed by atoms with Crippen molar-refractivity contribution < 1.29 is 10.2 Å². The Morgan fingerprint density at radius 3 is 2.60 bits per heavy atom. The van der Waals surface area contributed by atoms with Crippen LogP contribution in [0.2, 0.25) is 0 Å². The summed E-state index contributed by atoms with van der Waals surface area (Å²) in [5.41, 5.74) is 0. The van der Waals surface area contributed by atoms with Gasteiger partial charge in [0.25, 0.3) is 0 Å². The molecule has 0 aromatic carbocycles. The fraction of sp³-hybridized carbons (Fsp3) is 0.750. The molecule has 0 aliphatic rings. The highest BCUT2D eigenvalue weighted by molar-refractivity contribution is 4.82. The summed E-state index contributed by atoms with van der Waals surface area (Å²) in [5.74, 6) is 0. The third-order valence-electron chi connectivity index (χ3n) is 1.27. The van der Waals surface area contributed by atoms with Gasteiger partial charge in [-0.1, -0.05) is 19.1 Å². The molecule has 0 rings (SSSR count). The van der Waals surface area contributed by atoms with Crippen LogP contribution in [0.1, 0.15) is 26.2 Å². The van der Waals surface area contributed by atoms with E-state index in [0.717, 1.165) is 6.42 Å². The molecule has 0 aliphatic carbocycles. The van der Waals surface area contributed by atoms with Gasteiger partial charge in [-0.3, -0.25) is 0 Å². The van der Waals surface area contributed by atoms with Gasteiger partial charge in [0.2, 0.25) is 0 Å². The molecule has 0 aromatic rings. The normalized spacial score (nSPS) is 14.3. The van der Waals surface area contributed by atoms with Crippen molar-refractivity contribution in [3.63, 3.8) is 0 Å². The van der Waals surface area contributed by atoms with E-state index in [1.807, 2.05) is 12.2 Å². The summed E-state index contributed by atoms with van der Waals surface area (Å²) < 4.78 is 0. The molecule has 0 aromatic heterocycles. The maximum absolute atomic E-state index is 9.06. The van der Waals surface area contributed by atoms with Crippen LogP contribution in [0.15, 0.2) is 12.2 Å². The summed E-state index contributed by atoms with van der Waals surface area (Å²) in [4.78, 5) is 0. The van der Waals surface area contributed by atoms with E-state index in [9.17, 15) is 0 Å². The quantitative estimate of drug-likeness (QED) is 0.567. The molecule has 0 unspecified atom stereocenters. The van der Waals surface area contributed by atoms with Gasteiger partial charge in [-0.05, 0) is 19.3 Å². The average molecular weight is 144 g/mol. The fourth-order valence-corrected chi connectivity index (χ4v) is 0.687. The van der Waals surface area contributed by atoms with Crippen molar-refractivity contribution >= 4 is 0 Å². The van der Waals surface area contributed by atoms with Crippen molar-refractivity contribution in [3.05, 3.63) is 12.2 Å². The van der Waals surface area contributed by atoms with Gasteiger partial charge in [-0.15, -0.1) is 0 Å². The Bertz CT molecular complexity index is 89.3. The van der Waals surface area contributed by atoms with Crippen molar-refractivity contribution in [1.82, 2.24) is 0 Å². The molecule has 0 spiro atoms. The average Bonchev–Trinajstić information content (AvgIpc) is 1.89. The maximum Gasteiger partial charge on any atom is 0.0596 e. The predicted octanol–water partition coefficient (Wildman–Crippen LogP) is 1.09. The van der Waals surface area contributed by atoms with Gasteiger partial charge in [0, 0.05) is 6.61 Å². The van der Waals surface area contributed by atoms with Gasteiger partial charge < -0.3 is 10.2 Å². The second kappa shape index (κ2) is 6.78. The zero-order chi connectivity index (χ0) is 7.82. The van der Waals surface area contributed by atoms with Crippen molar-refractivity contribution in [2.24, 2.45) is 0 Å². The number of aliphatic hydroxyl groups is 2. The minimum atomic E-state index is -0.368. The van der Waals surface area contributed by atoms with Gasteiger partial charge in [0.15, 0.2) is 0 Å². The van der Waals surface area contributed by atoms with Crippen molar-refractivity contribution in [1.29, 1.82) is 0 Å². The summed E-state index contributed by atoms with van der Waals surface area (Å²) >= 11 is 0. The second-order valence-corrected chi connectivity index (χ2v) is 2.28. The highest BCUT2D eigenvalue weighted by Crippen LogP contribution is 1.97. The lowest BCUT2D eigenvalue weighted by molar-refractivity contribution is 0.135. The molecule has 0 saturated carbocycles. The molecule has 0 amide bonds. The number of allylic oxidation sites excluding steroid dienone is 1. The molecular formula is C8H16O2. The zero-order valence-electron chi connectivity index (χ0n) is 6.45. The molecule has 60 valence electrons. The van der Waals surface area contributed by atoms with E-state index < -0.39 is 0 Å². The van der Waals surface area contributed by atoms with Crippen LogP contribution in [0.5, 0.6) is 0 Å². The van der Waals surface area contributed by atoms with Gasteiger partial charge in [-0.2, -0.15) is 0 Å². The molecule has 0 bridgehead atoms. The first-order valence-corrected chi connectivity index (χ1v) is 3.75. The lowest BCUT2D eigenvalue weighted by Gasteiger charge is -2.03. The lowest BCUT2D eigenvalue weighted by atomic mass is 10.2. The van der Waals surface area contributed by atoms with Crippen molar-refractivity contribution in [2.45, 2.75) is 32.3 Å². The molecule has 10 heavy (non-hydrogen) atoms. The van der Waals surface area contributed by atoms with Gasteiger partial charge in [0.05, 0.1) is 6.10 Å². The van der Waals surface area contributed by atoms with Crippen LogP contribution in [-0.4, -0.2) is 22.9 Å². The second-order valence-electron chi connectivity index (χ2n) is 2.28. The van der Waals surface area contributed by atoms with Crippen molar-refractivity contribution in [3.8, 4) is 0 Å². The Morgan fingerprint density at radius 1 is 1.40 bits per heavy atom. The van der Waals surface area contributed by atoms with Gasteiger partial charge in [0.1, 0.15) is 0 Å². The van der Waals surface area contributed by atoms with Crippen LogP contribution in [-0.2, 0) is 0 Å². The number of aliphatic hydroxyl groups excluding tert-OH is 2. The van der Waals surface area contributed by atoms with Crippen LogP contribution >= 0.6 is 0 Å². The molecule has 2 heteroatoms. The standard InChI is InChI=1S/C8H16O2/c1-2-3-4-5-8(10)6-7-9/h3-4,8-10H,2,5-7H2,1H3/b4-3+/t8-/m1/s1. The van der Waals surface area contributed by atoms with Crippen LogP contribution in [0.25, 0.3) is 0 Å². The first-order valence-electron chi connectivity index (χ1n) is 3.75. The maximum atomic E-state index is 9.06. The molecule has 2 N–H and O–H groups in total. The highest BCUT2D eigenvalue weighted by atomic mass is 16.3. The molecule has 0 radical (unpaired) electrons. The highest BCUT2D eigenvalue weighted by Gasteiger charge is 1.97. The van der Waals surface area contributed by atoms with E-state index in [4.69, 9.17) is 10.2 Å². The zero-order valence-corrected chi connectivity index (χ0v) is 6.45.